The van der Waals surface area contributed by atoms with Crippen LogP contribution in [0.25, 0.3) is 12.2 Å². The third-order valence-electron chi connectivity index (χ3n) is 3.70. The molecule has 106 valence electrons. The smallest absolute Gasteiger partial charge is 0.131 e. The van der Waals surface area contributed by atoms with E-state index < -0.39 is 5.60 Å². The monoisotopic (exact) mass is 274 g/mol. The maximum absolute atomic E-state index is 10.2. The van der Waals surface area contributed by atoms with E-state index in [4.69, 9.17) is 14.2 Å². The molecular formula is C16H18O4. The first kappa shape index (κ1) is 13.1. The minimum Gasteiger partial charge on any atom is -0.496 e. The molecule has 0 saturated heterocycles. The molecule has 3 rings (SSSR count). The number of fused-ring (bicyclic) bond motifs is 3. The van der Waals surface area contributed by atoms with Crippen molar-refractivity contribution in [3.05, 3.63) is 35.3 Å². The summed E-state index contributed by atoms with van der Waals surface area (Å²) in [5, 5.41) is 10.2. The normalized spacial score (nSPS) is 19.7. The van der Waals surface area contributed by atoms with Gasteiger partial charge >= 0.3 is 0 Å². The number of benzene rings is 1. The first-order chi connectivity index (χ1) is 9.50. The molecule has 2 aliphatic heterocycles. The van der Waals surface area contributed by atoms with Gasteiger partial charge in [-0.2, -0.15) is 0 Å². The highest BCUT2D eigenvalue weighted by molar-refractivity contribution is 5.77. The van der Waals surface area contributed by atoms with E-state index in [1.54, 1.807) is 33.5 Å². The van der Waals surface area contributed by atoms with E-state index in [1.165, 1.54) is 0 Å². The van der Waals surface area contributed by atoms with Crippen molar-refractivity contribution in [2.75, 3.05) is 7.11 Å². The summed E-state index contributed by atoms with van der Waals surface area (Å²) in [6, 6.07) is 1.98. The number of methoxy groups -OCH3 is 1. The number of ether oxygens (including phenoxy) is 3. The average molecular weight is 274 g/mol. The van der Waals surface area contributed by atoms with Gasteiger partial charge in [0.15, 0.2) is 0 Å². The third-order valence-corrected chi connectivity index (χ3v) is 3.70. The van der Waals surface area contributed by atoms with Crippen LogP contribution in [0.2, 0.25) is 0 Å². The van der Waals surface area contributed by atoms with Crippen LogP contribution in [0.4, 0.5) is 0 Å². The van der Waals surface area contributed by atoms with Crippen molar-refractivity contribution in [3.63, 3.8) is 0 Å². The number of aliphatic hydroxyl groups is 1. The van der Waals surface area contributed by atoms with E-state index in [0.717, 1.165) is 28.2 Å². The first-order valence-corrected chi connectivity index (χ1v) is 6.62. The van der Waals surface area contributed by atoms with Crippen LogP contribution in [0.5, 0.6) is 11.5 Å². The van der Waals surface area contributed by atoms with Gasteiger partial charge in [0.25, 0.3) is 0 Å². The van der Waals surface area contributed by atoms with Crippen molar-refractivity contribution < 1.29 is 19.3 Å². The summed E-state index contributed by atoms with van der Waals surface area (Å²) >= 11 is 0. The van der Waals surface area contributed by atoms with Gasteiger partial charge in [-0.05, 0) is 32.1 Å². The van der Waals surface area contributed by atoms with E-state index >= 15 is 0 Å². The van der Waals surface area contributed by atoms with E-state index in [-0.39, 0.29) is 6.10 Å². The van der Waals surface area contributed by atoms with Crippen LogP contribution in [-0.2, 0) is 11.2 Å². The highest BCUT2D eigenvalue weighted by Gasteiger charge is 2.37. The Labute approximate surface area is 118 Å². The van der Waals surface area contributed by atoms with Gasteiger partial charge in [0.2, 0.25) is 0 Å². The highest BCUT2D eigenvalue weighted by atomic mass is 16.5. The molecule has 20 heavy (non-hydrogen) atoms. The van der Waals surface area contributed by atoms with E-state index in [9.17, 15) is 5.11 Å². The van der Waals surface area contributed by atoms with Gasteiger partial charge in [0, 0.05) is 23.1 Å². The van der Waals surface area contributed by atoms with Crippen molar-refractivity contribution in [2.45, 2.75) is 32.0 Å². The van der Waals surface area contributed by atoms with Gasteiger partial charge in [-0.25, -0.2) is 0 Å². The maximum atomic E-state index is 10.2. The molecule has 0 spiro atoms. The molecule has 1 aromatic carbocycles. The Morgan fingerprint density at radius 3 is 2.60 bits per heavy atom. The predicted molar refractivity (Wildman–Crippen MR) is 76.6 cm³/mol. The van der Waals surface area contributed by atoms with E-state index in [1.807, 2.05) is 18.2 Å². The zero-order valence-corrected chi connectivity index (χ0v) is 11.8. The van der Waals surface area contributed by atoms with Gasteiger partial charge in [-0.3, -0.25) is 0 Å². The fraction of sp³-hybridized carbons (Fsp3) is 0.375. The summed E-state index contributed by atoms with van der Waals surface area (Å²) in [4.78, 5) is 0. The quantitative estimate of drug-likeness (QED) is 0.901. The molecule has 1 atom stereocenters. The predicted octanol–water partition coefficient (Wildman–Crippen LogP) is 2.74. The molecular weight excluding hydrogens is 256 g/mol. The van der Waals surface area contributed by atoms with Crippen molar-refractivity contribution >= 4 is 12.2 Å². The van der Waals surface area contributed by atoms with Crippen LogP contribution in [0.3, 0.4) is 0 Å². The zero-order valence-electron chi connectivity index (χ0n) is 11.8. The highest BCUT2D eigenvalue weighted by Crippen LogP contribution is 2.43. The summed E-state index contributed by atoms with van der Waals surface area (Å²) in [6.07, 6.45) is 7.36. The topological polar surface area (TPSA) is 47.9 Å². The summed E-state index contributed by atoms with van der Waals surface area (Å²) in [5.41, 5.74) is 2.02. The van der Waals surface area contributed by atoms with Crippen molar-refractivity contribution in [3.8, 4) is 11.5 Å². The lowest BCUT2D eigenvalue weighted by molar-refractivity contribution is -0.0230. The lowest BCUT2D eigenvalue weighted by Crippen LogP contribution is -2.39. The molecule has 0 amide bonds. The fourth-order valence-corrected chi connectivity index (χ4v) is 2.56. The SMILES string of the molecule is COc1cc2c(c3c1C=COC=C3)O[C@H](C(C)(C)O)C2. The standard InChI is InChI=1S/C16H18O4/c1-16(2,17)14-9-10-8-13(18-3)11-4-6-19-7-5-12(11)15(10)20-14/h4-8,14,17H,9H2,1-3H3/t14-/m0/s1. The van der Waals surface area contributed by atoms with Crippen LogP contribution in [0.15, 0.2) is 18.6 Å². The second kappa shape index (κ2) is 4.56. The molecule has 2 aliphatic rings. The maximum Gasteiger partial charge on any atom is 0.131 e. The number of hydrogen-bond acceptors (Lipinski definition) is 4. The molecule has 0 fully saturated rings. The fourth-order valence-electron chi connectivity index (χ4n) is 2.56. The van der Waals surface area contributed by atoms with Crippen LogP contribution in [0.1, 0.15) is 30.5 Å². The Balaban J connectivity index is 2.13. The average Bonchev–Trinajstić information content (AvgIpc) is 2.68. The van der Waals surface area contributed by atoms with Gasteiger partial charge < -0.3 is 19.3 Å². The molecule has 4 heteroatoms. The Morgan fingerprint density at radius 2 is 1.95 bits per heavy atom. The lowest BCUT2D eigenvalue weighted by atomic mass is 9.95. The molecule has 0 bridgehead atoms. The Morgan fingerprint density at radius 1 is 1.25 bits per heavy atom. The van der Waals surface area contributed by atoms with Crippen molar-refractivity contribution in [1.82, 2.24) is 0 Å². The molecule has 0 aromatic heterocycles. The largest absolute Gasteiger partial charge is 0.496 e. The molecule has 4 nitrogen and oxygen atoms in total. The number of hydrogen-bond donors (Lipinski definition) is 1. The minimum atomic E-state index is -0.889. The van der Waals surface area contributed by atoms with Gasteiger partial charge in [0.05, 0.1) is 25.2 Å². The lowest BCUT2D eigenvalue weighted by Gasteiger charge is -2.24. The molecule has 2 heterocycles. The molecule has 1 N–H and O–H groups in total. The van der Waals surface area contributed by atoms with Crippen LogP contribution in [-0.4, -0.2) is 23.9 Å². The molecule has 0 saturated carbocycles. The molecule has 0 aliphatic carbocycles. The number of rotatable bonds is 2. The van der Waals surface area contributed by atoms with Crippen LogP contribution in [0, 0.1) is 0 Å². The molecule has 1 aromatic rings. The third kappa shape index (κ3) is 2.06. The van der Waals surface area contributed by atoms with Crippen LogP contribution < -0.4 is 9.47 Å². The molecule has 0 radical (unpaired) electrons. The summed E-state index contributed by atoms with van der Waals surface area (Å²) in [7, 11) is 1.65. The van der Waals surface area contributed by atoms with E-state index in [2.05, 4.69) is 0 Å². The van der Waals surface area contributed by atoms with Gasteiger partial charge in [-0.15, -0.1) is 0 Å². The second-order valence-corrected chi connectivity index (χ2v) is 5.60. The van der Waals surface area contributed by atoms with Gasteiger partial charge in [0.1, 0.15) is 17.6 Å². The Hall–Kier alpha value is -1.94. The Kier molecular flexibility index (Phi) is 2.98. The second-order valence-electron chi connectivity index (χ2n) is 5.60. The zero-order chi connectivity index (χ0) is 14.3. The van der Waals surface area contributed by atoms with Gasteiger partial charge in [-0.1, -0.05) is 0 Å². The summed E-state index contributed by atoms with van der Waals surface area (Å²) in [5.74, 6) is 1.59. The van der Waals surface area contributed by atoms with Crippen LogP contribution >= 0.6 is 0 Å². The Bertz CT molecular complexity index is 593. The summed E-state index contributed by atoms with van der Waals surface area (Å²) < 4.78 is 16.6. The van der Waals surface area contributed by atoms with E-state index in [0.29, 0.717) is 6.42 Å². The first-order valence-electron chi connectivity index (χ1n) is 6.62. The van der Waals surface area contributed by atoms with Crippen molar-refractivity contribution in [1.29, 1.82) is 0 Å². The minimum absolute atomic E-state index is 0.254. The summed E-state index contributed by atoms with van der Waals surface area (Å²) in [6.45, 7) is 3.52. The molecule has 0 unspecified atom stereocenters. The van der Waals surface area contributed by atoms with Crippen molar-refractivity contribution in [2.24, 2.45) is 0 Å².